The molecule has 0 radical (unpaired) electrons. The first kappa shape index (κ1) is 17.5. The number of urea groups is 1. The highest BCUT2D eigenvalue weighted by atomic mass is 16.6. The van der Waals surface area contributed by atoms with Crippen molar-refractivity contribution >= 4 is 17.5 Å². The van der Waals surface area contributed by atoms with Crippen LogP contribution >= 0.6 is 0 Å². The molecule has 142 valence electrons. The lowest BCUT2D eigenvalue weighted by Crippen LogP contribution is -2.43. The molecule has 2 aromatic rings. The van der Waals surface area contributed by atoms with Crippen LogP contribution in [-0.2, 0) is 0 Å². The second-order valence-electron chi connectivity index (χ2n) is 6.88. The van der Waals surface area contributed by atoms with Gasteiger partial charge in [-0.2, -0.15) is 0 Å². The van der Waals surface area contributed by atoms with E-state index in [2.05, 4.69) is 15.2 Å². The number of nitrogens with one attached hydrogen (secondary N) is 1. The first-order chi connectivity index (χ1) is 13.2. The van der Waals surface area contributed by atoms with Gasteiger partial charge in [-0.15, -0.1) is 0 Å². The fourth-order valence-electron chi connectivity index (χ4n) is 3.43. The molecule has 1 aromatic carbocycles. The highest BCUT2D eigenvalue weighted by Crippen LogP contribution is 2.31. The van der Waals surface area contributed by atoms with E-state index in [-0.39, 0.29) is 12.1 Å². The van der Waals surface area contributed by atoms with E-state index in [1.165, 1.54) is 0 Å². The molecule has 0 bridgehead atoms. The maximum Gasteiger partial charge on any atom is 0.321 e. The quantitative estimate of drug-likeness (QED) is 0.899. The Morgan fingerprint density at radius 1 is 1.22 bits per heavy atom. The van der Waals surface area contributed by atoms with Gasteiger partial charge in [0, 0.05) is 26.3 Å². The number of aromatic nitrogens is 1. The molecular weight excluding hydrogens is 344 g/mol. The van der Waals surface area contributed by atoms with Crippen LogP contribution in [0, 0.1) is 0 Å². The monoisotopic (exact) mass is 368 g/mol. The molecule has 7 heteroatoms. The van der Waals surface area contributed by atoms with E-state index in [9.17, 15) is 4.79 Å². The Balaban J connectivity index is 1.38. The van der Waals surface area contributed by atoms with Gasteiger partial charge in [0.15, 0.2) is 23.4 Å². The number of benzene rings is 1. The standard InChI is InChI=1S/C20H24N4O3/c1-23(13-15-14-26-17-8-2-3-9-18(17)27-15)20(25)22-16-7-6-10-21-19(16)24-11-4-5-12-24/h2-3,6-10,15H,4-5,11-14H2,1H3,(H,22,25)/t15-/m0/s1. The van der Waals surface area contributed by atoms with E-state index in [1.807, 2.05) is 36.4 Å². The predicted molar refractivity (Wildman–Crippen MR) is 104 cm³/mol. The summed E-state index contributed by atoms with van der Waals surface area (Å²) in [7, 11) is 1.76. The number of anilines is 2. The normalized spacial score (nSPS) is 18.3. The van der Waals surface area contributed by atoms with Crippen molar-refractivity contribution in [2.24, 2.45) is 0 Å². The Morgan fingerprint density at radius 2 is 2.00 bits per heavy atom. The fraction of sp³-hybridized carbons (Fsp3) is 0.400. The molecule has 4 rings (SSSR count). The number of hydrogen-bond donors (Lipinski definition) is 1. The maximum atomic E-state index is 12.7. The molecule has 1 atom stereocenters. The van der Waals surface area contributed by atoms with E-state index in [0.29, 0.717) is 18.9 Å². The molecule has 2 amide bonds. The molecule has 3 heterocycles. The lowest BCUT2D eigenvalue weighted by molar-refractivity contribution is 0.0731. The highest BCUT2D eigenvalue weighted by molar-refractivity contribution is 5.92. The lowest BCUT2D eigenvalue weighted by Gasteiger charge is -2.30. The topological polar surface area (TPSA) is 66.9 Å². The molecule has 0 unspecified atom stereocenters. The van der Waals surface area contributed by atoms with E-state index in [1.54, 1.807) is 18.1 Å². The van der Waals surface area contributed by atoms with Crippen molar-refractivity contribution in [2.45, 2.75) is 18.9 Å². The molecule has 1 aromatic heterocycles. The number of carbonyl (C=O) groups excluding carboxylic acids is 1. The third-order valence-corrected chi connectivity index (χ3v) is 4.83. The van der Waals surface area contributed by atoms with Gasteiger partial charge in [-0.25, -0.2) is 9.78 Å². The summed E-state index contributed by atoms with van der Waals surface area (Å²) < 4.78 is 11.7. The minimum Gasteiger partial charge on any atom is -0.486 e. The average molecular weight is 368 g/mol. The van der Waals surface area contributed by atoms with E-state index < -0.39 is 0 Å². The number of fused-ring (bicyclic) bond motifs is 1. The summed E-state index contributed by atoms with van der Waals surface area (Å²) in [5, 5.41) is 2.98. The molecule has 0 saturated carbocycles. The fourth-order valence-corrected chi connectivity index (χ4v) is 3.43. The zero-order chi connectivity index (χ0) is 18.6. The van der Waals surface area contributed by atoms with Crippen LogP contribution in [0.4, 0.5) is 16.3 Å². The zero-order valence-corrected chi connectivity index (χ0v) is 15.4. The Morgan fingerprint density at radius 3 is 2.81 bits per heavy atom. The molecule has 0 aliphatic carbocycles. The predicted octanol–water partition coefficient (Wildman–Crippen LogP) is 2.99. The SMILES string of the molecule is CN(C[C@H]1COc2ccccc2O1)C(=O)Nc1cccnc1N1CCCC1. The van der Waals surface area contributed by atoms with Crippen molar-refractivity contribution in [1.29, 1.82) is 0 Å². The van der Waals surface area contributed by atoms with E-state index in [0.717, 1.165) is 43.2 Å². The van der Waals surface area contributed by atoms with Crippen LogP contribution in [0.3, 0.4) is 0 Å². The van der Waals surface area contributed by atoms with Crippen LogP contribution in [0.25, 0.3) is 0 Å². The van der Waals surface area contributed by atoms with E-state index in [4.69, 9.17) is 9.47 Å². The third-order valence-electron chi connectivity index (χ3n) is 4.83. The number of amides is 2. The Hall–Kier alpha value is -2.96. The number of rotatable bonds is 4. The number of nitrogens with zero attached hydrogens (tertiary/aromatic N) is 3. The lowest BCUT2D eigenvalue weighted by atomic mass is 10.2. The molecule has 1 fully saturated rings. The number of para-hydroxylation sites is 2. The first-order valence-electron chi connectivity index (χ1n) is 9.31. The smallest absolute Gasteiger partial charge is 0.321 e. The van der Waals surface area contributed by atoms with Crippen molar-refractivity contribution in [3.05, 3.63) is 42.6 Å². The van der Waals surface area contributed by atoms with Crippen molar-refractivity contribution < 1.29 is 14.3 Å². The van der Waals surface area contributed by atoms with Gasteiger partial charge in [0.2, 0.25) is 0 Å². The van der Waals surface area contributed by atoms with Crippen LogP contribution in [0.5, 0.6) is 11.5 Å². The van der Waals surface area contributed by atoms with Gasteiger partial charge in [-0.05, 0) is 37.1 Å². The number of hydrogen-bond acceptors (Lipinski definition) is 5. The van der Waals surface area contributed by atoms with E-state index >= 15 is 0 Å². The highest BCUT2D eigenvalue weighted by Gasteiger charge is 2.24. The molecule has 1 saturated heterocycles. The summed E-state index contributed by atoms with van der Waals surface area (Å²) in [4.78, 5) is 21.0. The van der Waals surface area contributed by atoms with Gasteiger partial charge in [-0.1, -0.05) is 12.1 Å². The summed E-state index contributed by atoms with van der Waals surface area (Å²) in [6.45, 7) is 2.80. The molecule has 1 N–H and O–H groups in total. The van der Waals surface area contributed by atoms with Gasteiger partial charge in [-0.3, -0.25) is 0 Å². The van der Waals surface area contributed by atoms with Gasteiger partial charge in [0.1, 0.15) is 6.61 Å². The molecular formula is C20H24N4O3. The average Bonchev–Trinajstić information content (AvgIpc) is 3.23. The maximum absolute atomic E-state index is 12.7. The summed E-state index contributed by atoms with van der Waals surface area (Å²) in [6.07, 6.45) is 3.87. The first-order valence-corrected chi connectivity index (χ1v) is 9.31. The zero-order valence-electron chi connectivity index (χ0n) is 15.4. The van der Waals surface area contributed by atoms with Gasteiger partial charge < -0.3 is 24.6 Å². The molecule has 7 nitrogen and oxygen atoms in total. The Labute approximate surface area is 158 Å². The summed E-state index contributed by atoms with van der Waals surface area (Å²) >= 11 is 0. The molecule has 2 aliphatic rings. The van der Waals surface area contributed by atoms with Crippen molar-refractivity contribution in [2.75, 3.05) is 43.5 Å². The largest absolute Gasteiger partial charge is 0.486 e. The molecule has 27 heavy (non-hydrogen) atoms. The summed E-state index contributed by atoms with van der Waals surface area (Å²) in [6, 6.07) is 11.1. The molecule has 2 aliphatic heterocycles. The Kier molecular flexibility index (Phi) is 5.00. The molecule has 0 spiro atoms. The minimum absolute atomic E-state index is 0.189. The van der Waals surface area contributed by atoms with Gasteiger partial charge >= 0.3 is 6.03 Å². The van der Waals surface area contributed by atoms with Crippen LogP contribution in [0.15, 0.2) is 42.6 Å². The summed E-state index contributed by atoms with van der Waals surface area (Å²) in [5.41, 5.74) is 0.738. The van der Waals surface area contributed by atoms with Crippen LogP contribution < -0.4 is 19.7 Å². The van der Waals surface area contributed by atoms with Crippen molar-refractivity contribution in [3.8, 4) is 11.5 Å². The van der Waals surface area contributed by atoms with Crippen LogP contribution in [-0.4, -0.2) is 55.3 Å². The van der Waals surface area contributed by atoms with Gasteiger partial charge in [0.25, 0.3) is 0 Å². The summed E-state index contributed by atoms with van der Waals surface area (Å²) in [5.74, 6) is 2.29. The third kappa shape index (κ3) is 3.92. The minimum atomic E-state index is -0.206. The number of pyridine rings is 1. The Bertz CT molecular complexity index is 807. The van der Waals surface area contributed by atoms with Crippen molar-refractivity contribution in [3.63, 3.8) is 0 Å². The van der Waals surface area contributed by atoms with Gasteiger partial charge in [0.05, 0.1) is 12.2 Å². The number of ether oxygens (including phenoxy) is 2. The second-order valence-corrected chi connectivity index (χ2v) is 6.88. The second kappa shape index (κ2) is 7.73. The van der Waals surface area contributed by atoms with Crippen LogP contribution in [0.2, 0.25) is 0 Å². The number of likely N-dealkylation sites (N-methyl/N-ethyl adjacent to an activating group) is 1. The van der Waals surface area contributed by atoms with Crippen molar-refractivity contribution in [1.82, 2.24) is 9.88 Å². The van der Waals surface area contributed by atoms with Crippen LogP contribution in [0.1, 0.15) is 12.8 Å². The number of carbonyl (C=O) groups is 1.